The number of carbonyl (C=O) groups is 1. The lowest BCUT2D eigenvalue weighted by molar-refractivity contribution is 0.121. The summed E-state index contributed by atoms with van der Waals surface area (Å²) in [5.74, 6) is 0.426. The van der Waals surface area contributed by atoms with Crippen molar-refractivity contribution < 1.29 is 14.3 Å². The van der Waals surface area contributed by atoms with Crippen LogP contribution < -0.4 is 4.74 Å². The highest BCUT2D eigenvalue weighted by Gasteiger charge is 2.07. The van der Waals surface area contributed by atoms with E-state index >= 15 is 0 Å². The Morgan fingerprint density at radius 1 is 1.38 bits per heavy atom. The highest BCUT2D eigenvalue weighted by molar-refractivity contribution is 9.11. The van der Waals surface area contributed by atoms with Crippen molar-refractivity contribution in [2.24, 2.45) is 0 Å². The van der Waals surface area contributed by atoms with Crippen LogP contribution in [-0.2, 0) is 4.74 Å². The number of carbonyl (C=O) groups excluding carboxylic acids is 1. The van der Waals surface area contributed by atoms with Crippen LogP contribution in [0.3, 0.4) is 0 Å². The molecule has 3 nitrogen and oxygen atoms in total. The smallest absolute Gasteiger partial charge is 0.437 e. The SMILES string of the molecule is COC(=O)Oc1ccc(Br)cc1Br. The fourth-order valence-corrected chi connectivity index (χ4v) is 1.82. The lowest BCUT2D eigenvalue weighted by Gasteiger charge is -2.04. The van der Waals surface area contributed by atoms with Crippen molar-refractivity contribution in [1.29, 1.82) is 0 Å². The van der Waals surface area contributed by atoms with E-state index in [1.54, 1.807) is 18.2 Å². The molecule has 0 bridgehead atoms. The molecule has 0 aromatic heterocycles. The third-order valence-corrected chi connectivity index (χ3v) is 2.37. The molecule has 0 unspecified atom stereocenters. The fraction of sp³-hybridized carbons (Fsp3) is 0.125. The van der Waals surface area contributed by atoms with E-state index in [-0.39, 0.29) is 0 Å². The van der Waals surface area contributed by atoms with E-state index in [0.29, 0.717) is 10.2 Å². The lowest BCUT2D eigenvalue weighted by atomic mass is 10.3. The monoisotopic (exact) mass is 308 g/mol. The van der Waals surface area contributed by atoms with Gasteiger partial charge in [-0.3, -0.25) is 0 Å². The summed E-state index contributed by atoms with van der Waals surface area (Å²) < 4.78 is 10.8. The van der Waals surface area contributed by atoms with Gasteiger partial charge in [-0.2, -0.15) is 0 Å². The van der Waals surface area contributed by atoms with Crippen molar-refractivity contribution in [2.75, 3.05) is 7.11 Å². The van der Waals surface area contributed by atoms with Gasteiger partial charge in [-0.15, -0.1) is 0 Å². The van der Waals surface area contributed by atoms with E-state index < -0.39 is 6.16 Å². The van der Waals surface area contributed by atoms with Crippen molar-refractivity contribution in [1.82, 2.24) is 0 Å². The molecule has 13 heavy (non-hydrogen) atoms. The predicted molar refractivity (Wildman–Crippen MR) is 54.9 cm³/mol. The maximum absolute atomic E-state index is 10.7. The Morgan fingerprint density at radius 2 is 2.08 bits per heavy atom. The van der Waals surface area contributed by atoms with Gasteiger partial charge in [0.05, 0.1) is 11.6 Å². The molecule has 1 rings (SSSR count). The average molecular weight is 310 g/mol. The summed E-state index contributed by atoms with van der Waals surface area (Å²) in [5.41, 5.74) is 0. The van der Waals surface area contributed by atoms with Gasteiger partial charge in [0.15, 0.2) is 0 Å². The number of rotatable bonds is 1. The summed E-state index contributed by atoms with van der Waals surface area (Å²) in [6, 6.07) is 5.20. The van der Waals surface area contributed by atoms with Gasteiger partial charge in [0.2, 0.25) is 0 Å². The zero-order valence-electron chi connectivity index (χ0n) is 6.71. The second-order valence-corrected chi connectivity index (χ2v) is 3.90. The van der Waals surface area contributed by atoms with Crippen LogP contribution in [0.2, 0.25) is 0 Å². The molecule has 0 fully saturated rings. The minimum atomic E-state index is -0.733. The predicted octanol–water partition coefficient (Wildman–Crippen LogP) is 3.36. The molecule has 0 aliphatic carbocycles. The van der Waals surface area contributed by atoms with Gasteiger partial charge in [0.1, 0.15) is 5.75 Å². The first kappa shape index (κ1) is 10.5. The Kier molecular flexibility index (Phi) is 3.74. The largest absolute Gasteiger partial charge is 0.513 e. The first-order valence-electron chi connectivity index (χ1n) is 3.34. The lowest BCUT2D eigenvalue weighted by Crippen LogP contribution is -2.07. The normalized spacial score (nSPS) is 9.46. The quantitative estimate of drug-likeness (QED) is 0.589. The first-order valence-corrected chi connectivity index (χ1v) is 4.93. The minimum absolute atomic E-state index is 0.426. The van der Waals surface area contributed by atoms with Crippen LogP contribution in [-0.4, -0.2) is 13.3 Å². The highest BCUT2D eigenvalue weighted by Crippen LogP contribution is 2.28. The molecular weight excluding hydrogens is 304 g/mol. The number of halogens is 2. The van der Waals surface area contributed by atoms with Gasteiger partial charge >= 0.3 is 6.16 Å². The molecule has 0 saturated carbocycles. The molecule has 1 aromatic carbocycles. The van der Waals surface area contributed by atoms with Crippen LogP contribution in [0.4, 0.5) is 4.79 Å². The van der Waals surface area contributed by atoms with Crippen LogP contribution in [0.15, 0.2) is 27.1 Å². The third kappa shape index (κ3) is 3.00. The van der Waals surface area contributed by atoms with Crippen molar-refractivity contribution >= 4 is 38.0 Å². The van der Waals surface area contributed by atoms with Crippen molar-refractivity contribution in [3.8, 4) is 5.75 Å². The van der Waals surface area contributed by atoms with E-state index in [0.717, 1.165) is 4.47 Å². The molecule has 0 saturated heterocycles. The number of hydrogen-bond donors (Lipinski definition) is 0. The molecule has 0 heterocycles. The topological polar surface area (TPSA) is 35.5 Å². The first-order chi connectivity index (χ1) is 6.13. The Labute approximate surface area is 92.3 Å². The molecule has 0 radical (unpaired) electrons. The van der Waals surface area contributed by atoms with Crippen LogP contribution in [0.25, 0.3) is 0 Å². The van der Waals surface area contributed by atoms with Gasteiger partial charge in [-0.25, -0.2) is 4.79 Å². The van der Waals surface area contributed by atoms with E-state index in [9.17, 15) is 4.79 Å². The summed E-state index contributed by atoms with van der Waals surface area (Å²) in [7, 11) is 1.26. The number of ether oxygens (including phenoxy) is 2. The number of benzene rings is 1. The van der Waals surface area contributed by atoms with Gasteiger partial charge in [-0.1, -0.05) is 15.9 Å². The molecule has 0 aliphatic rings. The summed E-state index contributed by atoms with van der Waals surface area (Å²) in [6.07, 6.45) is -0.733. The molecule has 0 spiro atoms. The molecular formula is C8H6Br2O3. The third-order valence-electron chi connectivity index (χ3n) is 1.25. The van der Waals surface area contributed by atoms with E-state index in [2.05, 4.69) is 36.6 Å². The molecule has 1 aromatic rings. The second-order valence-electron chi connectivity index (χ2n) is 2.13. The molecule has 70 valence electrons. The maximum atomic E-state index is 10.7. The Hall–Kier alpha value is -0.550. The van der Waals surface area contributed by atoms with Crippen LogP contribution in [0, 0.1) is 0 Å². The Bertz CT molecular complexity index is 325. The minimum Gasteiger partial charge on any atom is -0.437 e. The van der Waals surface area contributed by atoms with E-state index in [4.69, 9.17) is 4.74 Å². The van der Waals surface area contributed by atoms with E-state index in [1.165, 1.54) is 7.11 Å². The van der Waals surface area contributed by atoms with Gasteiger partial charge in [0.25, 0.3) is 0 Å². The number of methoxy groups -OCH3 is 1. The summed E-state index contributed by atoms with van der Waals surface area (Å²) in [6.45, 7) is 0. The fourth-order valence-electron chi connectivity index (χ4n) is 0.689. The van der Waals surface area contributed by atoms with Crippen LogP contribution in [0.5, 0.6) is 5.75 Å². The summed E-state index contributed by atoms with van der Waals surface area (Å²) in [5, 5.41) is 0. The zero-order valence-corrected chi connectivity index (χ0v) is 9.88. The molecule has 5 heteroatoms. The Balaban J connectivity index is 2.83. The van der Waals surface area contributed by atoms with Gasteiger partial charge < -0.3 is 9.47 Å². The summed E-state index contributed by atoms with van der Waals surface area (Å²) >= 11 is 6.52. The summed E-state index contributed by atoms with van der Waals surface area (Å²) in [4.78, 5) is 10.7. The maximum Gasteiger partial charge on any atom is 0.513 e. The molecule has 0 amide bonds. The molecule has 0 aliphatic heterocycles. The van der Waals surface area contributed by atoms with Crippen molar-refractivity contribution in [3.05, 3.63) is 27.1 Å². The van der Waals surface area contributed by atoms with Gasteiger partial charge in [0, 0.05) is 4.47 Å². The standard InChI is InChI=1S/C8H6Br2O3/c1-12-8(11)13-7-3-2-5(9)4-6(7)10/h2-4H,1H3. The highest BCUT2D eigenvalue weighted by atomic mass is 79.9. The molecule has 0 atom stereocenters. The zero-order chi connectivity index (χ0) is 9.84. The average Bonchev–Trinajstić information content (AvgIpc) is 2.09. The van der Waals surface area contributed by atoms with Crippen LogP contribution >= 0.6 is 31.9 Å². The molecule has 0 N–H and O–H groups in total. The Morgan fingerprint density at radius 3 is 2.62 bits per heavy atom. The van der Waals surface area contributed by atoms with E-state index in [1.807, 2.05) is 0 Å². The van der Waals surface area contributed by atoms with Crippen LogP contribution in [0.1, 0.15) is 0 Å². The number of hydrogen-bond acceptors (Lipinski definition) is 3. The van der Waals surface area contributed by atoms with Crippen molar-refractivity contribution in [3.63, 3.8) is 0 Å². The van der Waals surface area contributed by atoms with Crippen molar-refractivity contribution in [2.45, 2.75) is 0 Å². The van der Waals surface area contributed by atoms with Gasteiger partial charge in [-0.05, 0) is 34.1 Å². The second kappa shape index (κ2) is 4.62.